The van der Waals surface area contributed by atoms with Gasteiger partial charge < -0.3 is 19.9 Å². The fourth-order valence-corrected chi connectivity index (χ4v) is 0.933. The minimum absolute atomic E-state index is 0.400. The van der Waals surface area contributed by atoms with Gasteiger partial charge in [-0.25, -0.2) is 4.79 Å². The predicted octanol–water partition coefficient (Wildman–Crippen LogP) is 1.03. The number of aliphatic hydroxyl groups excluding tert-OH is 1. The van der Waals surface area contributed by atoms with E-state index in [-0.39, 0.29) is 0 Å². The maximum absolute atomic E-state index is 11.9. The van der Waals surface area contributed by atoms with Crippen molar-refractivity contribution in [1.82, 2.24) is 5.32 Å². The van der Waals surface area contributed by atoms with Crippen molar-refractivity contribution >= 4 is 11.9 Å². The number of hydrogen-bond acceptors (Lipinski definition) is 5. The second kappa shape index (κ2) is 6.86. The number of amides is 1. The molecule has 0 unspecified atom stereocenters. The summed E-state index contributed by atoms with van der Waals surface area (Å²) in [4.78, 5) is 22.9. The van der Waals surface area contributed by atoms with Crippen LogP contribution in [0, 0.1) is 0 Å². The summed E-state index contributed by atoms with van der Waals surface area (Å²) in [6.45, 7) is 1.24. The molecule has 0 aromatic heterocycles. The van der Waals surface area contributed by atoms with E-state index in [2.05, 4.69) is 14.8 Å². The van der Waals surface area contributed by atoms with E-state index >= 15 is 0 Å². The lowest BCUT2D eigenvalue weighted by Gasteiger charge is -2.13. The van der Waals surface area contributed by atoms with Crippen LogP contribution in [0.1, 0.15) is 13.8 Å². The molecule has 0 heterocycles. The van der Waals surface area contributed by atoms with Crippen LogP contribution in [-0.2, 0) is 19.1 Å². The van der Waals surface area contributed by atoms with Crippen LogP contribution in [0.15, 0.2) is 11.5 Å². The number of esters is 1. The Labute approximate surface area is 107 Å². The molecule has 0 spiro atoms. The van der Waals surface area contributed by atoms with E-state index in [1.165, 1.54) is 0 Å². The van der Waals surface area contributed by atoms with E-state index in [0.717, 1.165) is 7.11 Å². The van der Waals surface area contributed by atoms with E-state index in [4.69, 9.17) is 0 Å². The molecular formula is C10H14F3NO5. The average Bonchev–Trinajstić information content (AvgIpc) is 2.24. The first-order chi connectivity index (χ1) is 8.58. The highest BCUT2D eigenvalue weighted by Gasteiger charge is 2.33. The van der Waals surface area contributed by atoms with E-state index in [0.29, 0.717) is 0 Å². The summed E-state index contributed by atoms with van der Waals surface area (Å²) in [7, 11) is 0.940. The van der Waals surface area contributed by atoms with Crippen LogP contribution in [0.4, 0.5) is 13.2 Å². The molecule has 110 valence electrons. The molecule has 0 saturated carbocycles. The minimum atomic E-state index is -4.74. The summed E-state index contributed by atoms with van der Waals surface area (Å²) < 4.78 is 43.8. The monoisotopic (exact) mass is 285 g/mol. The average molecular weight is 285 g/mol. The highest BCUT2D eigenvalue weighted by molar-refractivity contribution is 6.16. The molecule has 1 amide bonds. The molecule has 0 atom stereocenters. The largest absolute Gasteiger partial charge is 0.480 e. The van der Waals surface area contributed by atoms with Crippen LogP contribution >= 0.6 is 0 Å². The zero-order valence-corrected chi connectivity index (χ0v) is 10.5. The van der Waals surface area contributed by atoms with Crippen LogP contribution in [-0.4, -0.2) is 42.9 Å². The van der Waals surface area contributed by atoms with Crippen LogP contribution in [0.25, 0.3) is 0 Å². The Balaban J connectivity index is 4.98. The van der Waals surface area contributed by atoms with E-state index in [1.54, 1.807) is 13.8 Å². The van der Waals surface area contributed by atoms with Crippen LogP contribution in [0.5, 0.6) is 0 Å². The molecule has 19 heavy (non-hydrogen) atoms. The Kier molecular flexibility index (Phi) is 6.16. The fourth-order valence-electron chi connectivity index (χ4n) is 0.933. The second-order valence-corrected chi connectivity index (χ2v) is 3.70. The first-order valence-electron chi connectivity index (χ1n) is 5.10. The molecule has 0 rings (SSSR count). The Morgan fingerprint density at radius 3 is 2.21 bits per heavy atom. The van der Waals surface area contributed by atoms with E-state index in [1.807, 2.05) is 0 Å². The van der Waals surface area contributed by atoms with Crippen LogP contribution in [0.2, 0.25) is 0 Å². The summed E-state index contributed by atoms with van der Waals surface area (Å²) in [5.41, 5.74) is -1.03. The van der Waals surface area contributed by atoms with Gasteiger partial charge in [-0.3, -0.25) is 4.79 Å². The molecule has 0 aromatic carbocycles. The van der Waals surface area contributed by atoms with Crippen molar-refractivity contribution in [3.8, 4) is 0 Å². The quantitative estimate of drug-likeness (QED) is 0.259. The van der Waals surface area contributed by atoms with Crippen molar-refractivity contribution in [2.45, 2.75) is 26.1 Å². The molecule has 0 fully saturated rings. The number of halogens is 3. The first-order valence-corrected chi connectivity index (χ1v) is 5.10. The Morgan fingerprint density at radius 1 is 1.32 bits per heavy atom. The standard InChI is InChI=1S/C10H14F3NO5/c1-5(2)14-7(15)6(8(16)18-3)9(17)19-4-10(11,12)13/h5,16H,4H2,1-3H3,(H,14,15)/b8-6+. The second-order valence-electron chi connectivity index (χ2n) is 3.70. The SMILES string of the molecule is CO/C(O)=C(\C(=O)NC(C)C)C(=O)OCC(F)(F)F. The number of hydrogen-bond donors (Lipinski definition) is 2. The maximum Gasteiger partial charge on any atom is 0.422 e. The van der Waals surface area contributed by atoms with Gasteiger partial charge in [0.2, 0.25) is 5.57 Å². The number of carbonyl (C=O) groups excluding carboxylic acids is 2. The number of ether oxygens (including phenoxy) is 2. The van der Waals surface area contributed by atoms with Crippen LogP contribution < -0.4 is 5.32 Å². The first kappa shape index (κ1) is 17.1. The fraction of sp³-hybridized carbons (Fsp3) is 0.600. The van der Waals surface area contributed by atoms with Gasteiger partial charge in [0.25, 0.3) is 11.9 Å². The van der Waals surface area contributed by atoms with Gasteiger partial charge in [0, 0.05) is 6.04 Å². The number of methoxy groups -OCH3 is 1. The zero-order chi connectivity index (χ0) is 15.2. The number of carbonyl (C=O) groups is 2. The highest BCUT2D eigenvalue weighted by Crippen LogP contribution is 2.16. The Bertz CT molecular complexity index is 376. The number of alkyl halides is 3. The third-order valence-electron chi connectivity index (χ3n) is 1.63. The highest BCUT2D eigenvalue weighted by atomic mass is 19.4. The minimum Gasteiger partial charge on any atom is -0.480 e. The summed E-state index contributed by atoms with van der Waals surface area (Å²) >= 11 is 0. The van der Waals surface area contributed by atoms with Gasteiger partial charge in [-0.1, -0.05) is 0 Å². The number of nitrogens with one attached hydrogen (secondary N) is 1. The topological polar surface area (TPSA) is 84.9 Å². The molecule has 0 aliphatic carbocycles. The van der Waals surface area contributed by atoms with Crippen molar-refractivity contribution in [3.05, 3.63) is 11.5 Å². The summed E-state index contributed by atoms with van der Waals surface area (Å²) in [6, 6.07) is -0.400. The molecule has 0 saturated heterocycles. The molecule has 0 aromatic rings. The molecule has 6 nitrogen and oxygen atoms in total. The summed E-state index contributed by atoms with van der Waals surface area (Å²) in [5, 5.41) is 11.4. The van der Waals surface area contributed by atoms with Crippen molar-refractivity contribution in [2.24, 2.45) is 0 Å². The van der Waals surface area contributed by atoms with Gasteiger partial charge in [-0.2, -0.15) is 13.2 Å². The van der Waals surface area contributed by atoms with Gasteiger partial charge in [0.15, 0.2) is 6.61 Å². The lowest BCUT2D eigenvalue weighted by atomic mass is 10.2. The number of rotatable bonds is 5. The summed E-state index contributed by atoms with van der Waals surface area (Å²) in [6.07, 6.45) is -4.74. The van der Waals surface area contributed by atoms with E-state index in [9.17, 15) is 27.9 Å². The molecule has 0 bridgehead atoms. The van der Waals surface area contributed by atoms with Crippen molar-refractivity contribution in [1.29, 1.82) is 0 Å². The van der Waals surface area contributed by atoms with Gasteiger partial charge in [-0.05, 0) is 13.8 Å². The molecule has 0 aliphatic heterocycles. The molecular weight excluding hydrogens is 271 g/mol. The molecule has 2 N–H and O–H groups in total. The molecule has 0 aliphatic rings. The lowest BCUT2D eigenvalue weighted by Crippen LogP contribution is -2.36. The smallest absolute Gasteiger partial charge is 0.422 e. The van der Waals surface area contributed by atoms with Gasteiger partial charge in [0.05, 0.1) is 7.11 Å². The normalized spacial score (nSPS) is 12.8. The van der Waals surface area contributed by atoms with Crippen LogP contribution in [0.3, 0.4) is 0 Å². The predicted molar refractivity (Wildman–Crippen MR) is 57.0 cm³/mol. The van der Waals surface area contributed by atoms with Gasteiger partial charge in [0.1, 0.15) is 0 Å². The van der Waals surface area contributed by atoms with E-state index < -0.39 is 42.2 Å². The maximum atomic E-state index is 11.9. The molecule has 9 heteroatoms. The summed E-state index contributed by atoms with van der Waals surface area (Å²) in [5.74, 6) is -3.85. The van der Waals surface area contributed by atoms with Gasteiger partial charge in [-0.15, -0.1) is 0 Å². The van der Waals surface area contributed by atoms with Gasteiger partial charge >= 0.3 is 12.1 Å². The molecule has 0 radical (unpaired) electrons. The zero-order valence-electron chi connectivity index (χ0n) is 10.5. The van der Waals surface area contributed by atoms with Crippen molar-refractivity contribution in [2.75, 3.05) is 13.7 Å². The Morgan fingerprint density at radius 2 is 1.84 bits per heavy atom. The Hall–Kier alpha value is -1.93. The third-order valence-corrected chi connectivity index (χ3v) is 1.63. The number of aliphatic hydroxyl groups is 1. The third kappa shape index (κ3) is 6.53. The van der Waals surface area contributed by atoms with Crippen molar-refractivity contribution in [3.63, 3.8) is 0 Å². The lowest BCUT2D eigenvalue weighted by molar-refractivity contribution is -0.184. The van der Waals surface area contributed by atoms with Crippen molar-refractivity contribution < 1.29 is 37.3 Å².